The topological polar surface area (TPSA) is 113 Å². The van der Waals surface area contributed by atoms with Gasteiger partial charge in [0.15, 0.2) is 11.5 Å². The number of nitrogens with zero attached hydrogens (tertiary/aromatic N) is 4. The molecule has 0 fully saturated rings. The lowest BCUT2D eigenvalue weighted by atomic mass is 10.3. The molecule has 0 radical (unpaired) electrons. The van der Waals surface area contributed by atoms with Crippen LogP contribution < -0.4 is 5.73 Å². The first kappa shape index (κ1) is 12.7. The second-order valence-corrected chi connectivity index (χ2v) is 3.54. The first-order chi connectivity index (χ1) is 9.11. The van der Waals surface area contributed by atoms with Gasteiger partial charge in [0, 0.05) is 6.20 Å². The third-order valence-corrected chi connectivity index (χ3v) is 2.23. The molecule has 2 rings (SSSR count). The summed E-state index contributed by atoms with van der Waals surface area (Å²) in [7, 11) is 0. The number of nitrogens with two attached hydrogens (primary N) is 1. The molecule has 0 saturated heterocycles. The lowest BCUT2D eigenvalue weighted by molar-refractivity contribution is 0.0526. The van der Waals surface area contributed by atoms with E-state index in [4.69, 9.17) is 10.5 Å². The average molecular weight is 261 g/mol. The molecule has 2 aromatic rings. The number of aromatic nitrogens is 4. The molecule has 0 unspecified atom stereocenters. The van der Waals surface area contributed by atoms with E-state index in [-0.39, 0.29) is 12.3 Å². The molecule has 98 valence electrons. The third kappa shape index (κ3) is 2.73. The number of hydrogen-bond donors (Lipinski definition) is 1. The van der Waals surface area contributed by atoms with Gasteiger partial charge in [-0.25, -0.2) is 9.48 Å². The molecular formula is C11H11N5O3. The van der Waals surface area contributed by atoms with Crippen molar-refractivity contribution in [3.05, 3.63) is 35.8 Å². The number of carbonyl (C=O) groups excluding carboxylic acids is 2. The van der Waals surface area contributed by atoms with Crippen molar-refractivity contribution in [2.75, 3.05) is 6.61 Å². The third-order valence-electron chi connectivity index (χ3n) is 2.23. The van der Waals surface area contributed by atoms with Crippen molar-refractivity contribution in [2.24, 2.45) is 5.73 Å². The Morgan fingerprint density at radius 2 is 2.16 bits per heavy atom. The van der Waals surface area contributed by atoms with E-state index in [1.54, 1.807) is 6.92 Å². The maximum absolute atomic E-state index is 11.5. The first-order valence-electron chi connectivity index (χ1n) is 5.47. The van der Waals surface area contributed by atoms with E-state index >= 15 is 0 Å². The summed E-state index contributed by atoms with van der Waals surface area (Å²) in [6, 6.07) is 2.95. The van der Waals surface area contributed by atoms with Gasteiger partial charge in [-0.15, -0.1) is 10.2 Å². The molecule has 2 N–H and O–H groups in total. The van der Waals surface area contributed by atoms with Crippen LogP contribution in [0.15, 0.2) is 24.5 Å². The van der Waals surface area contributed by atoms with Gasteiger partial charge in [0.1, 0.15) is 0 Å². The van der Waals surface area contributed by atoms with E-state index in [0.29, 0.717) is 11.4 Å². The van der Waals surface area contributed by atoms with Crippen molar-refractivity contribution < 1.29 is 14.3 Å². The van der Waals surface area contributed by atoms with E-state index in [0.717, 1.165) is 0 Å². The Morgan fingerprint density at radius 1 is 1.37 bits per heavy atom. The second kappa shape index (κ2) is 5.25. The lowest BCUT2D eigenvalue weighted by Crippen LogP contribution is -2.14. The van der Waals surface area contributed by atoms with Gasteiger partial charge >= 0.3 is 5.97 Å². The minimum Gasteiger partial charge on any atom is -0.462 e. The number of ether oxygens (including phenoxy) is 1. The van der Waals surface area contributed by atoms with Crippen molar-refractivity contribution in [1.29, 1.82) is 0 Å². The van der Waals surface area contributed by atoms with E-state index < -0.39 is 11.9 Å². The standard InChI is InChI=1S/C11H11N5O3/c1-2-19-11(18)7-5-13-16(6-7)9-4-3-8(10(12)17)14-15-9/h3-6H,2H2,1H3,(H2,12,17). The van der Waals surface area contributed by atoms with Gasteiger partial charge in [0.25, 0.3) is 5.91 Å². The Bertz CT molecular complexity index is 605. The minimum atomic E-state index is -0.660. The highest BCUT2D eigenvalue weighted by molar-refractivity contribution is 5.90. The number of esters is 1. The molecule has 8 nitrogen and oxygen atoms in total. The molecule has 1 amide bonds. The van der Waals surface area contributed by atoms with Crippen LogP contribution in [0.25, 0.3) is 5.82 Å². The number of primary amides is 1. The normalized spacial score (nSPS) is 10.2. The Labute approximate surface area is 108 Å². The summed E-state index contributed by atoms with van der Waals surface area (Å²) >= 11 is 0. The molecule has 0 aliphatic rings. The molecule has 0 bridgehead atoms. The van der Waals surface area contributed by atoms with Crippen LogP contribution in [0, 0.1) is 0 Å². The zero-order valence-electron chi connectivity index (χ0n) is 10.1. The molecule has 8 heteroatoms. The minimum absolute atomic E-state index is 0.0570. The van der Waals surface area contributed by atoms with Crippen LogP contribution in [0.3, 0.4) is 0 Å². The molecule has 2 heterocycles. The Kier molecular flexibility index (Phi) is 3.51. The fourth-order valence-electron chi connectivity index (χ4n) is 1.35. The van der Waals surface area contributed by atoms with E-state index in [2.05, 4.69) is 15.3 Å². The smallest absolute Gasteiger partial charge is 0.341 e. The highest BCUT2D eigenvalue weighted by Crippen LogP contribution is 2.06. The van der Waals surface area contributed by atoms with Crippen molar-refractivity contribution in [3.63, 3.8) is 0 Å². The highest BCUT2D eigenvalue weighted by atomic mass is 16.5. The van der Waals surface area contributed by atoms with Gasteiger partial charge in [-0.1, -0.05) is 0 Å². The number of carbonyl (C=O) groups is 2. The van der Waals surface area contributed by atoms with E-state index in [9.17, 15) is 9.59 Å². The Hall–Kier alpha value is -2.77. The molecule has 0 aliphatic heterocycles. The summed E-state index contributed by atoms with van der Waals surface area (Å²) in [5.41, 5.74) is 5.42. The zero-order chi connectivity index (χ0) is 13.8. The first-order valence-corrected chi connectivity index (χ1v) is 5.47. The van der Waals surface area contributed by atoms with E-state index in [1.165, 1.54) is 29.2 Å². The number of rotatable bonds is 4. The van der Waals surface area contributed by atoms with Crippen molar-refractivity contribution in [3.8, 4) is 5.82 Å². The van der Waals surface area contributed by atoms with Crippen LogP contribution in [-0.4, -0.2) is 38.5 Å². The van der Waals surface area contributed by atoms with Gasteiger partial charge in [-0.05, 0) is 19.1 Å². The Balaban J connectivity index is 2.23. The lowest BCUT2D eigenvalue weighted by Gasteiger charge is -1.99. The zero-order valence-corrected chi connectivity index (χ0v) is 10.1. The van der Waals surface area contributed by atoms with E-state index in [1.807, 2.05) is 0 Å². The largest absolute Gasteiger partial charge is 0.462 e. The Morgan fingerprint density at radius 3 is 2.74 bits per heavy atom. The van der Waals surface area contributed by atoms with Gasteiger partial charge in [-0.3, -0.25) is 4.79 Å². The molecule has 19 heavy (non-hydrogen) atoms. The van der Waals surface area contributed by atoms with Crippen LogP contribution >= 0.6 is 0 Å². The molecule has 2 aromatic heterocycles. The molecule has 0 aliphatic carbocycles. The number of amides is 1. The average Bonchev–Trinajstić information content (AvgIpc) is 2.89. The van der Waals surface area contributed by atoms with Gasteiger partial charge < -0.3 is 10.5 Å². The quantitative estimate of drug-likeness (QED) is 0.771. The summed E-state index contributed by atoms with van der Waals surface area (Å²) in [4.78, 5) is 22.3. The highest BCUT2D eigenvalue weighted by Gasteiger charge is 2.11. The maximum atomic E-state index is 11.5. The summed E-state index contributed by atoms with van der Waals surface area (Å²) in [5.74, 6) is -0.761. The van der Waals surface area contributed by atoms with Crippen LogP contribution in [0.2, 0.25) is 0 Å². The van der Waals surface area contributed by atoms with Gasteiger partial charge in [-0.2, -0.15) is 5.10 Å². The molecular weight excluding hydrogens is 250 g/mol. The molecule has 0 aromatic carbocycles. The molecule has 0 atom stereocenters. The summed E-state index contributed by atoms with van der Waals surface area (Å²) in [6.45, 7) is 2.01. The molecule has 0 spiro atoms. The molecule has 0 saturated carbocycles. The van der Waals surface area contributed by atoms with Crippen LogP contribution in [-0.2, 0) is 4.74 Å². The predicted molar refractivity (Wildman–Crippen MR) is 63.6 cm³/mol. The number of hydrogen-bond acceptors (Lipinski definition) is 6. The van der Waals surface area contributed by atoms with Crippen molar-refractivity contribution >= 4 is 11.9 Å². The predicted octanol–water partition coefficient (Wildman–Crippen LogP) is -0.0621. The fraction of sp³-hybridized carbons (Fsp3) is 0.182. The second-order valence-electron chi connectivity index (χ2n) is 3.54. The SMILES string of the molecule is CCOC(=O)c1cnn(-c2ccc(C(N)=O)nn2)c1. The summed E-state index contributed by atoms with van der Waals surface area (Å²) < 4.78 is 6.19. The summed E-state index contributed by atoms with van der Waals surface area (Å²) in [5, 5.41) is 11.4. The van der Waals surface area contributed by atoms with Crippen LogP contribution in [0.4, 0.5) is 0 Å². The van der Waals surface area contributed by atoms with Crippen molar-refractivity contribution in [1.82, 2.24) is 20.0 Å². The van der Waals surface area contributed by atoms with Gasteiger partial charge in [0.05, 0.1) is 18.4 Å². The maximum Gasteiger partial charge on any atom is 0.341 e. The van der Waals surface area contributed by atoms with Gasteiger partial charge in [0.2, 0.25) is 0 Å². The van der Waals surface area contributed by atoms with Crippen molar-refractivity contribution in [2.45, 2.75) is 6.92 Å². The van der Waals surface area contributed by atoms with Crippen LogP contribution in [0.1, 0.15) is 27.8 Å². The van der Waals surface area contributed by atoms with Crippen LogP contribution in [0.5, 0.6) is 0 Å². The summed E-state index contributed by atoms with van der Waals surface area (Å²) in [6.07, 6.45) is 2.83. The monoisotopic (exact) mass is 261 g/mol. The fourth-order valence-corrected chi connectivity index (χ4v) is 1.35.